The second-order valence-corrected chi connectivity index (χ2v) is 6.51. The molecule has 0 radical (unpaired) electrons. The molecule has 3 rings (SSSR count). The summed E-state index contributed by atoms with van der Waals surface area (Å²) in [4.78, 5) is 24.8. The van der Waals surface area contributed by atoms with Gasteiger partial charge in [-0.15, -0.1) is 0 Å². The van der Waals surface area contributed by atoms with Gasteiger partial charge in [0.1, 0.15) is 5.75 Å². The van der Waals surface area contributed by atoms with Crippen molar-refractivity contribution in [2.75, 3.05) is 12.4 Å². The summed E-state index contributed by atoms with van der Waals surface area (Å²) in [6.07, 6.45) is 0. The molecule has 0 saturated carbocycles. The summed E-state index contributed by atoms with van der Waals surface area (Å²) in [6, 6.07) is 19.2. The van der Waals surface area contributed by atoms with E-state index >= 15 is 0 Å². The number of halogens is 1. The molecule has 3 aromatic carbocycles. The summed E-state index contributed by atoms with van der Waals surface area (Å²) in [5.74, 6) is -0.693. The van der Waals surface area contributed by atoms with Crippen LogP contribution in [-0.2, 0) is 4.79 Å². The van der Waals surface area contributed by atoms with Crippen molar-refractivity contribution in [2.24, 2.45) is 0 Å². The van der Waals surface area contributed by atoms with E-state index in [0.29, 0.717) is 33.1 Å². The van der Waals surface area contributed by atoms with Gasteiger partial charge in [-0.05, 0) is 35.9 Å². The fourth-order valence-corrected chi connectivity index (χ4v) is 2.99. The van der Waals surface area contributed by atoms with E-state index in [4.69, 9.17) is 16.3 Å². The molecule has 5 nitrogen and oxygen atoms in total. The van der Waals surface area contributed by atoms with Crippen LogP contribution in [0.25, 0.3) is 0 Å². The van der Waals surface area contributed by atoms with Gasteiger partial charge in [0.15, 0.2) is 11.8 Å². The molecule has 0 saturated heterocycles. The van der Waals surface area contributed by atoms with Crippen LogP contribution in [0.5, 0.6) is 5.75 Å². The largest absolute Gasteiger partial charge is 0.497 e. The molecule has 0 aromatic heterocycles. The van der Waals surface area contributed by atoms with Gasteiger partial charge in [0.2, 0.25) is 0 Å². The fourth-order valence-electron chi connectivity index (χ4n) is 2.81. The van der Waals surface area contributed by atoms with Crippen LogP contribution < -0.4 is 10.1 Å². The van der Waals surface area contributed by atoms with Crippen LogP contribution in [0.2, 0.25) is 5.02 Å². The third-order valence-electron chi connectivity index (χ3n) is 4.26. The van der Waals surface area contributed by atoms with Crippen LogP contribution in [0, 0.1) is 0 Å². The first-order valence-corrected chi connectivity index (χ1v) is 8.90. The number of hydrogen-bond acceptors (Lipinski definition) is 4. The molecule has 3 aromatic rings. The number of ketones is 1. The molecule has 0 aliphatic carbocycles. The molecule has 142 valence electrons. The van der Waals surface area contributed by atoms with E-state index in [0.717, 1.165) is 0 Å². The van der Waals surface area contributed by atoms with Gasteiger partial charge in [0.05, 0.1) is 7.11 Å². The van der Waals surface area contributed by atoms with Crippen molar-refractivity contribution in [1.29, 1.82) is 0 Å². The van der Waals surface area contributed by atoms with Crippen molar-refractivity contribution in [3.63, 3.8) is 0 Å². The van der Waals surface area contributed by atoms with Crippen molar-refractivity contribution in [2.45, 2.75) is 6.04 Å². The van der Waals surface area contributed by atoms with E-state index < -0.39 is 12.0 Å². The highest BCUT2D eigenvalue weighted by Gasteiger charge is 2.23. The predicted molar refractivity (Wildman–Crippen MR) is 108 cm³/mol. The minimum atomic E-state index is -1.07. The molecule has 1 unspecified atom stereocenters. The maximum atomic E-state index is 12.9. The Morgan fingerprint density at radius 3 is 2.29 bits per heavy atom. The number of carbonyl (C=O) groups excluding carboxylic acids is 1. The minimum absolute atomic E-state index is 0.246. The van der Waals surface area contributed by atoms with E-state index in [9.17, 15) is 14.7 Å². The van der Waals surface area contributed by atoms with Crippen molar-refractivity contribution in [1.82, 2.24) is 0 Å². The fraction of sp³-hybridized carbons (Fsp3) is 0.0909. The van der Waals surface area contributed by atoms with Crippen molar-refractivity contribution in [3.8, 4) is 5.75 Å². The van der Waals surface area contributed by atoms with Crippen LogP contribution in [-0.4, -0.2) is 24.0 Å². The Hall–Kier alpha value is -3.31. The molecule has 0 amide bonds. The zero-order valence-corrected chi connectivity index (χ0v) is 15.8. The quantitative estimate of drug-likeness (QED) is 0.561. The second kappa shape index (κ2) is 8.59. The number of benzene rings is 3. The van der Waals surface area contributed by atoms with Crippen LogP contribution >= 0.6 is 11.6 Å². The van der Waals surface area contributed by atoms with E-state index in [1.54, 1.807) is 60.7 Å². The van der Waals surface area contributed by atoms with Crippen molar-refractivity contribution in [3.05, 3.63) is 94.5 Å². The number of methoxy groups -OCH3 is 1. The number of aliphatic carboxylic acids is 1. The van der Waals surface area contributed by atoms with Gasteiger partial charge in [-0.25, -0.2) is 4.79 Å². The normalized spacial score (nSPS) is 11.5. The Bertz CT molecular complexity index is 987. The number of ether oxygens (including phenoxy) is 1. The lowest BCUT2D eigenvalue weighted by Crippen LogP contribution is -2.22. The van der Waals surface area contributed by atoms with Crippen LogP contribution in [0.15, 0.2) is 72.8 Å². The number of carboxylic acid groups (broad SMARTS) is 1. The number of carboxylic acids is 1. The third kappa shape index (κ3) is 4.32. The summed E-state index contributed by atoms with van der Waals surface area (Å²) in [6.45, 7) is 0. The van der Waals surface area contributed by atoms with Crippen molar-refractivity contribution >= 4 is 29.0 Å². The van der Waals surface area contributed by atoms with Gasteiger partial charge in [-0.3, -0.25) is 4.79 Å². The van der Waals surface area contributed by atoms with Gasteiger partial charge in [0.25, 0.3) is 0 Å². The van der Waals surface area contributed by atoms with Gasteiger partial charge in [0, 0.05) is 21.8 Å². The first-order chi connectivity index (χ1) is 13.5. The monoisotopic (exact) mass is 395 g/mol. The van der Waals surface area contributed by atoms with E-state index in [2.05, 4.69) is 5.32 Å². The molecule has 0 bridgehead atoms. The molecule has 0 spiro atoms. The first kappa shape index (κ1) is 19.5. The van der Waals surface area contributed by atoms with E-state index in [-0.39, 0.29) is 5.78 Å². The maximum Gasteiger partial charge on any atom is 0.330 e. The van der Waals surface area contributed by atoms with Gasteiger partial charge < -0.3 is 15.2 Å². The molecule has 28 heavy (non-hydrogen) atoms. The summed E-state index contributed by atoms with van der Waals surface area (Å²) in [7, 11) is 1.54. The number of anilines is 1. The third-order valence-corrected chi connectivity index (χ3v) is 4.49. The summed E-state index contributed by atoms with van der Waals surface area (Å²) < 4.78 is 5.11. The van der Waals surface area contributed by atoms with Gasteiger partial charge >= 0.3 is 5.97 Å². The Morgan fingerprint density at radius 2 is 1.68 bits per heavy atom. The van der Waals surface area contributed by atoms with Crippen LogP contribution in [0.1, 0.15) is 27.5 Å². The molecule has 0 heterocycles. The average molecular weight is 396 g/mol. The minimum Gasteiger partial charge on any atom is -0.497 e. The Morgan fingerprint density at radius 1 is 1.00 bits per heavy atom. The van der Waals surface area contributed by atoms with E-state index in [1.165, 1.54) is 13.2 Å². The number of hydrogen-bond donors (Lipinski definition) is 2. The molecule has 0 fully saturated rings. The lowest BCUT2D eigenvalue weighted by molar-refractivity contribution is -0.138. The van der Waals surface area contributed by atoms with Crippen LogP contribution in [0.4, 0.5) is 5.69 Å². The maximum absolute atomic E-state index is 12.9. The molecule has 0 aliphatic heterocycles. The zero-order chi connectivity index (χ0) is 20.1. The molecule has 0 aliphatic rings. The summed E-state index contributed by atoms with van der Waals surface area (Å²) in [5.41, 5.74) is 1.71. The Labute approximate surface area is 167 Å². The zero-order valence-electron chi connectivity index (χ0n) is 15.1. The number of nitrogens with one attached hydrogen (secondary N) is 1. The Balaban J connectivity index is 1.97. The smallest absolute Gasteiger partial charge is 0.330 e. The van der Waals surface area contributed by atoms with E-state index in [1.807, 2.05) is 6.07 Å². The van der Waals surface area contributed by atoms with Crippen molar-refractivity contribution < 1.29 is 19.4 Å². The van der Waals surface area contributed by atoms with Crippen LogP contribution in [0.3, 0.4) is 0 Å². The molecular weight excluding hydrogens is 378 g/mol. The number of carbonyl (C=O) groups is 2. The molecule has 1 atom stereocenters. The standard InChI is InChI=1S/C22H18ClNO4/c1-28-17-10-7-14(8-11-17)20(22(26)27)24-19-12-9-16(23)13-18(19)21(25)15-5-3-2-4-6-15/h2-13,20,24H,1H3,(H,26,27). The lowest BCUT2D eigenvalue weighted by atomic mass is 10.00. The SMILES string of the molecule is COc1ccc(C(Nc2ccc(Cl)cc2C(=O)c2ccccc2)C(=O)O)cc1. The lowest BCUT2D eigenvalue weighted by Gasteiger charge is -2.19. The molecule has 2 N–H and O–H groups in total. The molecule has 6 heteroatoms. The average Bonchev–Trinajstić information content (AvgIpc) is 2.72. The highest BCUT2D eigenvalue weighted by atomic mass is 35.5. The predicted octanol–water partition coefficient (Wildman–Crippen LogP) is 4.82. The Kier molecular flexibility index (Phi) is 5.96. The summed E-state index contributed by atoms with van der Waals surface area (Å²) in [5, 5.41) is 13.1. The van der Waals surface area contributed by atoms with Gasteiger partial charge in [-0.2, -0.15) is 0 Å². The second-order valence-electron chi connectivity index (χ2n) is 6.07. The summed E-state index contributed by atoms with van der Waals surface area (Å²) >= 11 is 6.09. The highest BCUT2D eigenvalue weighted by Crippen LogP contribution is 2.28. The van der Waals surface area contributed by atoms with Gasteiger partial charge in [-0.1, -0.05) is 54.1 Å². The molecular formula is C22H18ClNO4. The highest BCUT2D eigenvalue weighted by molar-refractivity contribution is 6.31. The first-order valence-electron chi connectivity index (χ1n) is 8.52. The topological polar surface area (TPSA) is 75.6 Å². The number of rotatable bonds is 7.